The molecular weight excluding hydrogens is 346 g/mol. The molecule has 26 heavy (non-hydrogen) atoms. The summed E-state index contributed by atoms with van der Waals surface area (Å²) < 4.78 is 0. The highest BCUT2D eigenvalue weighted by molar-refractivity contribution is 7.09. The SMILES string of the molecule is CN=C(NCCc1cccs1)NCc1ccc(NC(=O)NC(C)C)cc1. The first-order valence-corrected chi connectivity index (χ1v) is 9.58. The van der Waals surface area contributed by atoms with E-state index in [1.54, 1.807) is 18.4 Å². The predicted octanol–water partition coefficient (Wildman–Crippen LogP) is 3.19. The molecule has 0 bridgehead atoms. The average molecular weight is 374 g/mol. The van der Waals surface area contributed by atoms with Crippen molar-refractivity contribution in [1.29, 1.82) is 0 Å². The van der Waals surface area contributed by atoms with Crippen molar-refractivity contribution in [3.05, 3.63) is 52.2 Å². The van der Waals surface area contributed by atoms with Crippen LogP contribution in [-0.2, 0) is 13.0 Å². The number of benzene rings is 1. The third-order valence-electron chi connectivity index (χ3n) is 3.56. The van der Waals surface area contributed by atoms with Gasteiger partial charge in [0.25, 0.3) is 0 Å². The summed E-state index contributed by atoms with van der Waals surface area (Å²) in [7, 11) is 1.76. The van der Waals surface area contributed by atoms with Crippen LogP contribution in [0, 0.1) is 0 Å². The van der Waals surface area contributed by atoms with Gasteiger partial charge in [0.05, 0.1) is 0 Å². The van der Waals surface area contributed by atoms with Crippen LogP contribution in [0.25, 0.3) is 0 Å². The van der Waals surface area contributed by atoms with Gasteiger partial charge in [-0.15, -0.1) is 11.3 Å². The van der Waals surface area contributed by atoms with Crippen LogP contribution in [0.15, 0.2) is 46.8 Å². The van der Waals surface area contributed by atoms with E-state index >= 15 is 0 Å². The normalized spacial score (nSPS) is 11.3. The number of aliphatic imine (C=N–C) groups is 1. The molecule has 1 aromatic heterocycles. The van der Waals surface area contributed by atoms with Crippen LogP contribution in [-0.4, -0.2) is 31.6 Å². The number of hydrogen-bond donors (Lipinski definition) is 4. The van der Waals surface area contributed by atoms with Crippen molar-refractivity contribution in [1.82, 2.24) is 16.0 Å². The summed E-state index contributed by atoms with van der Waals surface area (Å²) in [4.78, 5) is 17.3. The highest BCUT2D eigenvalue weighted by atomic mass is 32.1. The van der Waals surface area contributed by atoms with Gasteiger partial charge in [-0.3, -0.25) is 4.99 Å². The highest BCUT2D eigenvalue weighted by Gasteiger charge is 2.04. The average Bonchev–Trinajstić information content (AvgIpc) is 3.12. The first kappa shape index (κ1) is 19.8. The molecule has 2 rings (SSSR count). The van der Waals surface area contributed by atoms with Gasteiger partial charge in [0, 0.05) is 36.7 Å². The highest BCUT2D eigenvalue weighted by Crippen LogP contribution is 2.10. The van der Waals surface area contributed by atoms with E-state index in [2.05, 4.69) is 43.8 Å². The summed E-state index contributed by atoms with van der Waals surface area (Å²) in [6, 6.07) is 11.9. The Bertz CT molecular complexity index is 695. The van der Waals surface area contributed by atoms with E-state index in [-0.39, 0.29) is 12.1 Å². The molecule has 4 N–H and O–H groups in total. The number of carbonyl (C=O) groups is 1. The molecule has 0 saturated heterocycles. The third kappa shape index (κ3) is 7.14. The van der Waals surface area contributed by atoms with Crippen LogP contribution < -0.4 is 21.3 Å². The lowest BCUT2D eigenvalue weighted by Gasteiger charge is -2.13. The Balaban J connectivity index is 1.74. The summed E-state index contributed by atoms with van der Waals surface area (Å²) in [5.74, 6) is 0.778. The number of amides is 2. The number of nitrogens with zero attached hydrogens (tertiary/aromatic N) is 1. The summed E-state index contributed by atoms with van der Waals surface area (Å²) >= 11 is 1.77. The number of guanidine groups is 1. The van der Waals surface area contributed by atoms with Crippen LogP contribution in [0.5, 0.6) is 0 Å². The number of urea groups is 1. The van der Waals surface area contributed by atoms with E-state index in [9.17, 15) is 4.79 Å². The molecule has 0 unspecified atom stereocenters. The van der Waals surface area contributed by atoms with Gasteiger partial charge in [0.2, 0.25) is 0 Å². The van der Waals surface area contributed by atoms with Gasteiger partial charge in [0.1, 0.15) is 0 Å². The molecule has 0 spiro atoms. The van der Waals surface area contributed by atoms with Crippen LogP contribution >= 0.6 is 11.3 Å². The zero-order chi connectivity index (χ0) is 18.8. The van der Waals surface area contributed by atoms with Crippen LogP contribution in [0.1, 0.15) is 24.3 Å². The van der Waals surface area contributed by atoms with E-state index in [4.69, 9.17) is 0 Å². The molecule has 140 valence electrons. The maximum absolute atomic E-state index is 11.7. The van der Waals surface area contributed by atoms with E-state index in [0.717, 1.165) is 30.2 Å². The van der Waals surface area contributed by atoms with Crippen LogP contribution in [0.3, 0.4) is 0 Å². The van der Waals surface area contributed by atoms with Crippen molar-refractivity contribution in [2.75, 3.05) is 18.9 Å². The Kier molecular flexibility index (Phi) is 7.95. The molecule has 0 aliphatic rings. The van der Waals surface area contributed by atoms with Crippen molar-refractivity contribution >= 4 is 29.0 Å². The zero-order valence-electron chi connectivity index (χ0n) is 15.5. The topological polar surface area (TPSA) is 77.6 Å². The Morgan fingerprint density at radius 2 is 1.92 bits per heavy atom. The van der Waals surface area contributed by atoms with Crippen molar-refractivity contribution in [2.24, 2.45) is 4.99 Å². The molecule has 0 fully saturated rings. The molecule has 0 radical (unpaired) electrons. The fraction of sp³-hybridized carbons (Fsp3) is 0.368. The maximum Gasteiger partial charge on any atom is 0.319 e. The van der Waals surface area contributed by atoms with E-state index < -0.39 is 0 Å². The van der Waals surface area contributed by atoms with Crippen molar-refractivity contribution in [3.8, 4) is 0 Å². The number of hydrogen-bond acceptors (Lipinski definition) is 3. The molecule has 7 heteroatoms. The van der Waals surface area contributed by atoms with Crippen molar-refractivity contribution in [3.63, 3.8) is 0 Å². The Morgan fingerprint density at radius 1 is 1.15 bits per heavy atom. The Morgan fingerprint density at radius 3 is 2.54 bits per heavy atom. The van der Waals surface area contributed by atoms with E-state index in [1.807, 2.05) is 38.1 Å². The first-order chi connectivity index (χ1) is 12.6. The lowest BCUT2D eigenvalue weighted by Crippen LogP contribution is -2.37. The molecule has 1 heterocycles. The van der Waals surface area contributed by atoms with Crippen molar-refractivity contribution in [2.45, 2.75) is 32.9 Å². The third-order valence-corrected chi connectivity index (χ3v) is 4.50. The van der Waals surface area contributed by atoms with Gasteiger partial charge in [0.15, 0.2) is 5.96 Å². The lowest BCUT2D eigenvalue weighted by atomic mass is 10.2. The summed E-state index contributed by atoms with van der Waals surface area (Å²) in [6.07, 6.45) is 0.983. The van der Waals surface area contributed by atoms with E-state index in [0.29, 0.717) is 6.54 Å². The molecule has 0 aliphatic carbocycles. The number of anilines is 1. The maximum atomic E-state index is 11.7. The molecule has 6 nitrogen and oxygen atoms in total. The van der Waals surface area contributed by atoms with Gasteiger partial charge in [-0.25, -0.2) is 4.79 Å². The Hall–Kier alpha value is -2.54. The molecule has 1 aromatic carbocycles. The summed E-state index contributed by atoms with van der Waals surface area (Å²) in [5.41, 5.74) is 1.88. The predicted molar refractivity (Wildman–Crippen MR) is 110 cm³/mol. The lowest BCUT2D eigenvalue weighted by molar-refractivity contribution is 0.250. The quantitative estimate of drug-likeness (QED) is 0.445. The fourth-order valence-corrected chi connectivity index (χ4v) is 3.01. The molecule has 0 atom stereocenters. The fourth-order valence-electron chi connectivity index (χ4n) is 2.30. The van der Waals surface area contributed by atoms with Gasteiger partial charge < -0.3 is 21.3 Å². The monoisotopic (exact) mass is 373 g/mol. The van der Waals surface area contributed by atoms with Gasteiger partial charge >= 0.3 is 6.03 Å². The minimum absolute atomic E-state index is 0.109. The largest absolute Gasteiger partial charge is 0.356 e. The smallest absolute Gasteiger partial charge is 0.319 e. The van der Waals surface area contributed by atoms with Crippen LogP contribution in [0.2, 0.25) is 0 Å². The molecular formula is C19H27N5OS. The number of nitrogens with one attached hydrogen (secondary N) is 4. The molecule has 2 aromatic rings. The first-order valence-electron chi connectivity index (χ1n) is 8.70. The second-order valence-corrected chi connectivity index (χ2v) is 7.16. The molecule has 2 amide bonds. The van der Waals surface area contributed by atoms with Crippen LogP contribution in [0.4, 0.5) is 10.5 Å². The Labute approximate surface area is 159 Å². The second-order valence-electron chi connectivity index (χ2n) is 6.13. The minimum atomic E-state index is -0.193. The van der Waals surface area contributed by atoms with Gasteiger partial charge in [-0.2, -0.15) is 0 Å². The number of rotatable bonds is 7. The number of carbonyl (C=O) groups excluding carboxylic acids is 1. The summed E-state index contributed by atoms with van der Waals surface area (Å²) in [5, 5.41) is 14.3. The minimum Gasteiger partial charge on any atom is -0.356 e. The second kappa shape index (κ2) is 10.5. The molecule has 0 aliphatic heterocycles. The van der Waals surface area contributed by atoms with Gasteiger partial charge in [-0.05, 0) is 49.4 Å². The summed E-state index contributed by atoms with van der Waals surface area (Å²) in [6.45, 7) is 5.36. The standard InChI is InChI=1S/C19H27N5OS/c1-14(2)23-19(25)24-16-8-6-15(7-9-16)13-22-18(20-3)21-11-10-17-5-4-12-26-17/h4-9,12,14H,10-11,13H2,1-3H3,(H2,20,21,22)(H2,23,24,25). The zero-order valence-corrected chi connectivity index (χ0v) is 16.3. The van der Waals surface area contributed by atoms with Gasteiger partial charge in [-0.1, -0.05) is 18.2 Å². The van der Waals surface area contributed by atoms with Crippen molar-refractivity contribution < 1.29 is 4.79 Å². The van der Waals surface area contributed by atoms with E-state index in [1.165, 1.54) is 4.88 Å². The molecule has 0 saturated carbocycles. The number of thiophene rings is 1.